The highest BCUT2D eigenvalue weighted by Gasteiger charge is 2.23. The fourth-order valence-electron chi connectivity index (χ4n) is 3.51. The van der Waals surface area contributed by atoms with Crippen LogP contribution in [0.5, 0.6) is 0 Å². The number of thiazole rings is 2. The van der Waals surface area contributed by atoms with Crippen molar-refractivity contribution in [3.8, 4) is 0 Å². The highest BCUT2D eigenvalue weighted by atomic mass is 32.2. The summed E-state index contributed by atoms with van der Waals surface area (Å²) in [6.45, 7) is -0.502. The van der Waals surface area contributed by atoms with Gasteiger partial charge in [0.25, 0.3) is 0 Å². The van der Waals surface area contributed by atoms with Crippen molar-refractivity contribution in [2.75, 3.05) is 12.3 Å². The van der Waals surface area contributed by atoms with E-state index in [1.807, 2.05) is 84.9 Å². The lowest BCUT2D eigenvalue weighted by Gasteiger charge is -2.18. The van der Waals surface area contributed by atoms with E-state index >= 15 is 0 Å². The molecule has 0 aliphatic rings. The Morgan fingerprint density at radius 3 is 2.21 bits per heavy atom. The summed E-state index contributed by atoms with van der Waals surface area (Å²) in [4.78, 5) is 39.8. The molecule has 0 spiro atoms. The number of nitrogens with zero attached hydrogens (tertiary/aromatic N) is 3. The van der Waals surface area contributed by atoms with Crippen LogP contribution >= 0.6 is 34.4 Å². The van der Waals surface area contributed by atoms with Crippen molar-refractivity contribution < 1.29 is 19.2 Å². The van der Waals surface area contributed by atoms with E-state index in [9.17, 15) is 9.59 Å². The summed E-state index contributed by atoms with van der Waals surface area (Å²) in [5.41, 5.74) is 8.39. The predicted molar refractivity (Wildman–Crippen MR) is 150 cm³/mol. The van der Waals surface area contributed by atoms with Crippen molar-refractivity contribution >= 4 is 66.6 Å². The summed E-state index contributed by atoms with van der Waals surface area (Å²) in [7, 11) is 0. The lowest BCUT2D eigenvalue weighted by Crippen LogP contribution is -2.18. The number of hydrogen-bond acceptors (Lipinski definition) is 11. The molecular weight excluding hydrogens is 541 g/mol. The van der Waals surface area contributed by atoms with E-state index in [-0.39, 0.29) is 16.5 Å². The van der Waals surface area contributed by atoms with Crippen molar-refractivity contribution in [3.05, 3.63) is 107 Å². The molecule has 0 saturated carbocycles. The summed E-state index contributed by atoms with van der Waals surface area (Å²) in [5, 5.41) is 5.41. The number of aromatic nitrogens is 2. The summed E-state index contributed by atoms with van der Waals surface area (Å²) in [6, 6.07) is 26.4. The Labute approximate surface area is 230 Å². The molecule has 0 saturated heterocycles. The number of ether oxygens (including phenoxy) is 1. The Morgan fingerprint density at radius 1 is 0.921 bits per heavy atom. The largest absolute Gasteiger partial charge is 0.450 e. The fourth-order valence-corrected chi connectivity index (χ4v) is 5.96. The van der Waals surface area contributed by atoms with Crippen molar-refractivity contribution in [3.63, 3.8) is 0 Å². The van der Waals surface area contributed by atoms with E-state index in [4.69, 9.17) is 15.3 Å². The number of carbonyl (C=O) groups excluding carboxylic acids is 2. The van der Waals surface area contributed by atoms with Gasteiger partial charge in [0.15, 0.2) is 21.3 Å². The van der Waals surface area contributed by atoms with E-state index in [0.29, 0.717) is 4.34 Å². The zero-order valence-electron chi connectivity index (χ0n) is 19.7. The molecule has 0 bridgehead atoms. The van der Waals surface area contributed by atoms with Gasteiger partial charge in [-0.3, -0.25) is 4.79 Å². The van der Waals surface area contributed by atoms with Gasteiger partial charge in [-0.2, -0.15) is 0 Å². The molecular formula is C27H20N4O4S3. The molecule has 0 atom stereocenters. The number of carbonyl (C=O) groups is 2. The summed E-state index contributed by atoms with van der Waals surface area (Å²) in [6.07, 6.45) is -0.619. The molecule has 2 N–H and O–H groups in total. The maximum absolute atomic E-state index is 13.1. The van der Waals surface area contributed by atoms with Crippen LogP contribution < -0.4 is 5.73 Å². The third kappa shape index (κ3) is 6.25. The van der Waals surface area contributed by atoms with Gasteiger partial charge in [0.1, 0.15) is 5.69 Å². The van der Waals surface area contributed by atoms with Crippen LogP contribution in [0.15, 0.2) is 99.8 Å². The number of oxime groups is 1. The molecule has 0 unspecified atom stereocenters. The first-order chi connectivity index (χ1) is 18.6. The number of nitrogens with two attached hydrogens (primary N) is 1. The molecule has 0 aliphatic carbocycles. The Hall–Kier alpha value is -4.06. The second-order valence-electron chi connectivity index (χ2n) is 7.81. The number of thioether (sulfide) groups is 1. The van der Waals surface area contributed by atoms with Crippen LogP contribution in [0.4, 0.5) is 5.13 Å². The number of nitrogen functional groups attached to an aromatic ring is 1. The van der Waals surface area contributed by atoms with Crippen molar-refractivity contribution in [1.82, 2.24) is 9.97 Å². The predicted octanol–water partition coefficient (Wildman–Crippen LogP) is 5.71. The molecule has 0 fully saturated rings. The van der Waals surface area contributed by atoms with Gasteiger partial charge in [-0.1, -0.05) is 78.0 Å². The Kier molecular flexibility index (Phi) is 8.07. The second-order valence-corrected chi connectivity index (χ2v) is 11.0. The van der Waals surface area contributed by atoms with Gasteiger partial charge < -0.3 is 15.3 Å². The monoisotopic (exact) mass is 560 g/mol. The number of rotatable bonds is 9. The maximum atomic E-state index is 13.1. The minimum atomic E-state index is -0.644. The van der Waals surface area contributed by atoms with Crippen LogP contribution in [0.1, 0.15) is 22.9 Å². The standard InChI is InChI=1S/C27H20N4O4S3/c28-26-29-20(16-36-26)23(25(33)38-27-30-19-13-7-8-14-21(19)37-27)31-34-15-22(32)35-24(17-9-3-1-4-10-17)18-11-5-2-6-12-18/h1-14,16,24H,15H2,(H2,28,29)/b31-23+. The number of benzene rings is 3. The van der Waals surface area contributed by atoms with Gasteiger partial charge in [-0.15, -0.1) is 22.7 Å². The molecule has 5 rings (SSSR count). The average molecular weight is 561 g/mol. The zero-order valence-corrected chi connectivity index (χ0v) is 22.2. The highest BCUT2D eigenvalue weighted by Crippen LogP contribution is 2.31. The van der Waals surface area contributed by atoms with Gasteiger partial charge in [-0.05, 0) is 35.0 Å². The molecule has 0 aliphatic heterocycles. The third-order valence-corrected chi connectivity index (χ3v) is 7.85. The maximum Gasteiger partial charge on any atom is 0.347 e. The molecule has 8 nitrogen and oxygen atoms in total. The zero-order chi connectivity index (χ0) is 26.3. The van der Waals surface area contributed by atoms with Gasteiger partial charge in [0, 0.05) is 5.38 Å². The van der Waals surface area contributed by atoms with Gasteiger partial charge in [-0.25, -0.2) is 14.8 Å². The first-order valence-electron chi connectivity index (χ1n) is 11.4. The van der Waals surface area contributed by atoms with Crippen molar-refractivity contribution in [2.24, 2.45) is 5.16 Å². The summed E-state index contributed by atoms with van der Waals surface area (Å²) < 4.78 is 7.26. The summed E-state index contributed by atoms with van der Waals surface area (Å²) in [5.74, 6) is -0.644. The third-order valence-electron chi connectivity index (χ3n) is 5.20. The van der Waals surface area contributed by atoms with E-state index in [1.165, 1.54) is 22.7 Å². The second kappa shape index (κ2) is 12.0. The van der Waals surface area contributed by atoms with Crippen LogP contribution in [0.2, 0.25) is 0 Å². The van der Waals surface area contributed by atoms with Crippen LogP contribution in [0.3, 0.4) is 0 Å². The normalized spacial score (nSPS) is 11.6. The number of anilines is 1. The lowest BCUT2D eigenvalue weighted by atomic mass is 10.0. The molecule has 38 heavy (non-hydrogen) atoms. The van der Waals surface area contributed by atoms with E-state index in [1.54, 1.807) is 5.38 Å². The smallest absolute Gasteiger partial charge is 0.347 e. The van der Waals surface area contributed by atoms with Crippen LogP contribution in [0.25, 0.3) is 10.2 Å². The van der Waals surface area contributed by atoms with E-state index in [0.717, 1.165) is 33.1 Å². The summed E-state index contributed by atoms with van der Waals surface area (Å²) >= 11 is 3.47. The number of hydrogen-bond donors (Lipinski definition) is 1. The van der Waals surface area contributed by atoms with Crippen LogP contribution in [-0.2, 0) is 19.2 Å². The number of para-hydroxylation sites is 1. The molecule has 2 aromatic heterocycles. The average Bonchev–Trinajstić information content (AvgIpc) is 3.56. The molecule has 190 valence electrons. The van der Waals surface area contributed by atoms with E-state index < -0.39 is 23.8 Å². The molecule has 3 aromatic carbocycles. The minimum absolute atomic E-state index is 0.0716. The minimum Gasteiger partial charge on any atom is -0.450 e. The first kappa shape index (κ1) is 25.6. The van der Waals surface area contributed by atoms with E-state index in [2.05, 4.69) is 15.1 Å². The SMILES string of the molecule is Nc1nc(/C(=N\OCC(=O)OC(c2ccccc2)c2ccccc2)C(=O)Sc2nc3ccccc3s2)cs1. The lowest BCUT2D eigenvalue weighted by molar-refractivity contribution is -0.153. The molecule has 2 heterocycles. The Balaban J connectivity index is 1.30. The molecule has 0 amide bonds. The van der Waals surface area contributed by atoms with Gasteiger partial charge in [0.2, 0.25) is 11.7 Å². The molecule has 5 aromatic rings. The van der Waals surface area contributed by atoms with Crippen LogP contribution in [-0.4, -0.2) is 33.4 Å². The Bertz CT molecular complexity index is 1510. The first-order valence-corrected chi connectivity index (χ1v) is 13.9. The van der Waals surface area contributed by atoms with Gasteiger partial charge >= 0.3 is 5.97 Å². The quantitative estimate of drug-likeness (QED) is 0.105. The highest BCUT2D eigenvalue weighted by molar-refractivity contribution is 8.16. The van der Waals surface area contributed by atoms with Crippen LogP contribution in [0, 0.1) is 0 Å². The molecule has 0 radical (unpaired) electrons. The number of fused-ring (bicyclic) bond motifs is 1. The van der Waals surface area contributed by atoms with Gasteiger partial charge in [0.05, 0.1) is 10.2 Å². The van der Waals surface area contributed by atoms with Crippen molar-refractivity contribution in [1.29, 1.82) is 0 Å². The molecule has 11 heteroatoms. The number of esters is 1. The topological polar surface area (TPSA) is 117 Å². The Morgan fingerprint density at radius 2 is 1.58 bits per heavy atom. The van der Waals surface area contributed by atoms with Crippen molar-refractivity contribution in [2.45, 2.75) is 10.4 Å². The fraction of sp³-hybridized carbons (Fsp3) is 0.0741.